The summed E-state index contributed by atoms with van der Waals surface area (Å²) in [6, 6.07) is 9.24. The molecule has 0 saturated carbocycles. The molecule has 2 heterocycles. The Morgan fingerprint density at radius 1 is 1.14 bits per heavy atom. The van der Waals surface area contributed by atoms with Crippen LogP contribution in [0.15, 0.2) is 43.0 Å². The molecule has 0 radical (unpaired) electrons. The van der Waals surface area contributed by atoms with Crippen molar-refractivity contribution in [1.82, 2.24) is 9.55 Å². The topological polar surface area (TPSA) is 17.8 Å². The molecule has 21 heavy (non-hydrogen) atoms. The van der Waals surface area contributed by atoms with Gasteiger partial charge in [-0.15, -0.1) is 23.5 Å². The highest BCUT2D eigenvalue weighted by Crippen LogP contribution is 2.47. The molecule has 0 atom stereocenters. The molecule has 0 N–H and O–H groups in total. The van der Waals surface area contributed by atoms with E-state index >= 15 is 0 Å². The number of rotatable bonds is 6. The lowest BCUT2D eigenvalue weighted by Crippen LogP contribution is -2.27. The number of nitrogens with zero attached hydrogens (tertiary/aromatic N) is 2. The highest BCUT2D eigenvalue weighted by molar-refractivity contribution is 8.21. The van der Waals surface area contributed by atoms with Crippen LogP contribution in [0.3, 0.4) is 0 Å². The zero-order valence-corrected chi connectivity index (χ0v) is 14.1. The number of benzene rings is 1. The zero-order chi connectivity index (χ0) is 14.5. The Labute approximate surface area is 135 Å². The van der Waals surface area contributed by atoms with Crippen molar-refractivity contribution in [2.45, 2.75) is 36.8 Å². The van der Waals surface area contributed by atoms with Gasteiger partial charge in [-0.25, -0.2) is 4.98 Å². The minimum absolute atomic E-state index is 0.271. The third-order valence-corrected chi connectivity index (χ3v) is 7.21. The number of aromatic nitrogens is 2. The predicted molar refractivity (Wildman–Crippen MR) is 94.0 cm³/mol. The first kappa shape index (κ1) is 15.0. The van der Waals surface area contributed by atoms with Crippen molar-refractivity contribution in [3.63, 3.8) is 0 Å². The number of aryl methyl sites for hydroxylation is 1. The minimum Gasteiger partial charge on any atom is -0.335 e. The lowest BCUT2D eigenvalue weighted by Gasteiger charge is -2.28. The molecular formula is C17H22N2S2. The van der Waals surface area contributed by atoms with E-state index in [0.717, 1.165) is 13.0 Å². The molecule has 1 aromatic carbocycles. The van der Waals surface area contributed by atoms with Crippen LogP contribution < -0.4 is 0 Å². The highest BCUT2D eigenvalue weighted by atomic mass is 32.2. The summed E-state index contributed by atoms with van der Waals surface area (Å²) in [5.41, 5.74) is 2.91. The summed E-state index contributed by atoms with van der Waals surface area (Å²) in [4.78, 5) is 4.18. The molecule has 0 unspecified atom stereocenters. The molecule has 112 valence electrons. The monoisotopic (exact) mass is 318 g/mol. The summed E-state index contributed by atoms with van der Waals surface area (Å²) in [5.74, 6) is 2.51. The molecule has 3 rings (SSSR count). The van der Waals surface area contributed by atoms with Crippen LogP contribution >= 0.6 is 23.5 Å². The van der Waals surface area contributed by atoms with Gasteiger partial charge in [0.1, 0.15) is 0 Å². The molecular weight excluding hydrogens is 296 g/mol. The lowest BCUT2D eigenvalue weighted by molar-refractivity contribution is 0.625. The maximum atomic E-state index is 4.18. The molecule has 1 fully saturated rings. The van der Waals surface area contributed by atoms with E-state index in [0.29, 0.717) is 0 Å². The average molecular weight is 319 g/mol. The first-order valence-electron chi connectivity index (χ1n) is 7.61. The van der Waals surface area contributed by atoms with E-state index in [2.05, 4.69) is 70.5 Å². The van der Waals surface area contributed by atoms with Gasteiger partial charge in [0, 0.05) is 30.4 Å². The molecule has 0 bridgehead atoms. The second-order valence-corrected chi connectivity index (χ2v) is 8.80. The van der Waals surface area contributed by atoms with Gasteiger partial charge in [0.2, 0.25) is 0 Å². The van der Waals surface area contributed by atoms with Gasteiger partial charge >= 0.3 is 0 Å². The quantitative estimate of drug-likeness (QED) is 0.793. The standard InChI is InChI=1S/C17H22N2S2/c1-2-3-15-4-6-16(7-5-15)12-17(20-10-11-21-17)13-19-9-8-18-14-19/h4-9,14H,2-3,10-13H2,1H3. The fourth-order valence-corrected chi connectivity index (χ4v) is 6.09. The van der Waals surface area contributed by atoms with E-state index in [1.165, 1.54) is 35.5 Å². The van der Waals surface area contributed by atoms with Gasteiger partial charge in [0.05, 0.1) is 10.4 Å². The highest BCUT2D eigenvalue weighted by Gasteiger charge is 2.36. The summed E-state index contributed by atoms with van der Waals surface area (Å²) in [7, 11) is 0. The molecule has 1 aliphatic heterocycles. The predicted octanol–water partition coefficient (Wildman–Crippen LogP) is 4.25. The Hall–Kier alpha value is -0.870. The van der Waals surface area contributed by atoms with Crippen molar-refractivity contribution in [3.05, 3.63) is 54.1 Å². The Bertz CT molecular complexity index is 543. The fraction of sp³-hybridized carbons (Fsp3) is 0.471. The summed E-state index contributed by atoms with van der Waals surface area (Å²) < 4.78 is 2.49. The summed E-state index contributed by atoms with van der Waals surface area (Å²) >= 11 is 4.22. The molecule has 0 spiro atoms. The van der Waals surface area contributed by atoms with Crippen molar-refractivity contribution in [2.75, 3.05) is 11.5 Å². The fourth-order valence-electron chi connectivity index (χ4n) is 2.83. The van der Waals surface area contributed by atoms with Crippen molar-refractivity contribution in [3.8, 4) is 0 Å². The van der Waals surface area contributed by atoms with Gasteiger partial charge in [-0.05, 0) is 24.0 Å². The molecule has 1 aliphatic rings. The lowest BCUT2D eigenvalue weighted by atomic mass is 10.0. The average Bonchev–Trinajstić information content (AvgIpc) is 3.14. The van der Waals surface area contributed by atoms with Crippen molar-refractivity contribution in [2.24, 2.45) is 0 Å². The van der Waals surface area contributed by atoms with E-state index in [1.54, 1.807) is 0 Å². The van der Waals surface area contributed by atoms with Gasteiger partial charge < -0.3 is 4.57 Å². The second-order valence-electron chi connectivity index (χ2n) is 5.59. The van der Waals surface area contributed by atoms with Crippen LogP contribution in [0.2, 0.25) is 0 Å². The smallest absolute Gasteiger partial charge is 0.0946 e. The SMILES string of the molecule is CCCc1ccc(CC2(Cn3ccnc3)SCCS2)cc1. The van der Waals surface area contributed by atoms with Gasteiger partial charge in [-0.2, -0.15) is 0 Å². The Kier molecular flexibility index (Phi) is 4.96. The van der Waals surface area contributed by atoms with Crippen molar-refractivity contribution < 1.29 is 0 Å². The summed E-state index contributed by atoms with van der Waals surface area (Å²) in [6.07, 6.45) is 9.42. The van der Waals surface area contributed by atoms with E-state index in [1.807, 2.05) is 12.5 Å². The van der Waals surface area contributed by atoms with Crippen LogP contribution in [0.5, 0.6) is 0 Å². The minimum atomic E-state index is 0.271. The maximum absolute atomic E-state index is 4.18. The van der Waals surface area contributed by atoms with Crippen LogP contribution in [0.4, 0.5) is 0 Å². The normalized spacial score (nSPS) is 17.2. The number of thioether (sulfide) groups is 2. The third-order valence-electron chi connectivity index (χ3n) is 3.83. The summed E-state index contributed by atoms with van der Waals surface area (Å²) in [5, 5.41) is 0. The van der Waals surface area contributed by atoms with Crippen LogP contribution in [-0.4, -0.2) is 25.1 Å². The van der Waals surface area contributed by atoms with Crippen LogP contribution in [-0.2, 0) is 19.4 Å². The first-order valence-corrected chi connectivity index (χ1v) is 9.58. The van der Waals surface area contributed by atoms with Gasteiger partial charge in [-0.1, -0.05) is 37.6 Å². The number of imidazole rings is 1. The molecule has 1 aromatic heterocycles. The summed E-state index contributed by atoms with van der Waals surface area (Å²) in [6.45, 7) is 3.28. The van der Waals surface area contributed by atoms with Gasteiger partial charge in [0.25, 0.3) is 0 Å². The van der Waals surface area contributed by atoms with Crippen molar-refractivity contribution >= 4 is 23.5 Å². The van der Waals surface area contributed by atoms with Crippen LogP contribution in [0.25, 0.3) is 0 Å². The largest absolute Gasteiger partial charge is 0.335 e. The third kappa shape index (κ3) is 3.86. The van der Waals surface area contributed by atoms with E-state index in [-0.39, 0.29) is 4.08 Å². The Morgan fingerprint density at radius 2 is 1.86 bits per heavy atom. The number of hydrogen-bond acceptors (Lipinski definition) is 3. The Morgan fingerprint density at radius 3 is 2.48 bits per heavy atom. The van der Waals surface area contributed by atoms with Gasteiger partial charge in [-0.3, -0.25) is 0 Å². The molecule has 4 heteroatoms. The van der Waals surface area contributed by atoms with Gasteiger partial charge in [0.15, 0.2) is 0 Å². The zero-order valence-electron chi connectivity index (χ0n) is 12.5. The molecule has 1 saturated heterocycles. The van der Waals surface area contributed by atoms with E-state index < -0.39 is 0 Å². The van der Waals surface area contributed by atoms with Crippen LogP contribution in [0, 0.1) is 0 Å². The van der Waals surface area contributed by atoms with E-state index in [4.69, 9.17) is 0 Å². The molecule has 2 aromatic rings. The second kappa shape index (κ2) is 6.93. The molecule has 0 aliphatic carbocycles. The first-order chi connectivity index (χ1) is 10.3. The maximum Gasteiger partial charge on any atom is 0.0946 e. The van der Waals surface area contributed by atoms with E-state index in [9.17, 15) is 0 Å². The van der Waals surface area contributed by atoms with Crippen LogP contribution in [0.1, 0.15) is 24.5 Å². The molecule has 2 nitrogen and oxygen atoms in total. The van der Waals surface area contributed by atoms with Crippen molar-refractivity contribution in [1.29, 1.82) is 0 Å². The number of hydrogen-bond donors (Lipinski definition) is 0. The Balaban J connectivity index is 1.72. The molecule has 0 amide bonds.